The van der Waals surface area contributed by atoms with Crippen LogP contribution in [0.15, 0.2) is 261 Å². The number of aryl methyl sites for hydroxylation is 29. The minimum Gasteiger partial charge on any atom is -0.0776 e. The highest BCUT2D eigenvalue weighted by Crippen LogP contribution is 2.32. The Labute approximate surface area is 877 Å². The summed E-state index contributed by atoms with van der Waals surface area (Å²) in [6.07, 6.45) is 4.08. The molecule has 0 saturated heterocycles. The van der Waals surface area contributed by atoms with Crippen molar-refractivity contribution in [3.63, 3.8) is 0 Å². The molecule has 0 unspecified atom stereocenters. The highest BCUT2D eigenvalue weighted by atomic mass is 14.3. The van der Waals surface area contributed by atoms with Crippen LogP contribution in [-0.2, 0) is 25.7 Å². The normalized spacial score (nSPS) is 12.2. The van der Waals surface area contributed by atoms with E-state index >= 15 is 0 Å². The van der Waals surface area contributed by atoms with Crippen LogP contribution in [0.25, 0.3) is 22.3 Å². The van der Waals surface area contributed by atoms with E-state index in [1.165, 1.54) is 326 Å². The molecular formula is C139H154B6. The van der Waals surface area contributed by atoms with Crippen LogP contribution >= 0.6 is 0 Å². The second-order valence-corrected chi connectivity index (χ2v) is 44.4. The predicted octanol–water partition coefficient (Wildman–Crippen LogP) is 22.6. The molecule has 4 aliphatic rings. The maximum atomic E-state index is 2.48. The van der Waals surface area contributed by atoms with E-state index in [4.69, 9.17) is 0 Å². The first-order valence-corrected chi connectivity index (χ1v) is 51.9. The number of hydrogen-bond acceptors (Lipinski definition) is 0. The summed E-state index contributed by atoms with van der Waals surface area (Å²) in [5.41, 5.74) is 82.6. The van der Waals surface area contributed by atoms with Crippen molar-refractivity contribution in [2.75, 3.05) is 0 Å². The Balaban J connectivity index is 0.000000162. The van der Waals surface area contributed by atoms with Crippen LogP contribution < -0.4 is 98.3 Å². The minimum absolute atomic E-state index is 0. The molecule has 4 aliphatic heterocycles. The fourth-order valence-electron chi connectivity index (χ4n) is 27.8. The molecule has 17 aromatic rings. The van der Waals surface area contributed by atoms with E-state index < -0.39 is 0 Å². The summed E-state index contributed by atoms with van der Waals surface area (Å²) >= 11 is 0. The molecule has 0 fully saturated rings. The van der Waals surface area contributed by atoms with Crippen molar-refractivity contribution in [3.05, 3.63) is 467 Å². The standard InChI is InChI=1S/C49H52B2.C47H48B2.C39H38B2.4CH4/c1-28-17-34(7)46(35(8)18-28)50(47-36(9)19-29(2)20-37(47)10)42-13-15-44(32(5)25-42)45-16-14-43(26-33(45)6)51-48-38(11)21-30(3)23-40(48)27-41-24-31(4)22-39(12)49(41)51;1-28-19-32(5)44(33(6)20-28)48(45-34(7)21-29(2)22-35(45)8)42-15-11-38(12-16-42)39-13-17-43(18-14-39)49-46-36(9)23-30(3)25-40(46)27-41-26-31(4)24-37(10)47(41)49;1-23-8-13-36-30(17-23)21-31-18-24(2)14-27(5)37(31)40(36)34-9-11-35(12-10-34)41-38-28(6)15-25(3)19-32(38)22-33-20-26(4)16-29(7)39(33)41;;;;/h13-26H,27H2,1-12H3;11-26H,27H2,1-10H3;8-20H,21-22H2,1-7H3;4*1H4. The summed E-state index contributed by atoms with van der Waals surface area (Å²) in [5, 5.41) is 0. The van der Waals surface area contributed by atoms with E-state index in [0.717, 1.165) is 25.7 Å². The van der Waals surface area contributed by atoms with Crippen LogP contribution in [0, 0.1) is 201 Å². The first kappa shape index (κ1) is 106. The number of rotatable bonds is 12. The Morgan fingerprint density at radius 1 is 0.159 bits per heavy atom. The molecule has 0 radical (unpaired) electrons. The van der Waals surface area contributed by atoms with Gasteiger partial charge in [-0.15, -0.1) is 0 Å². The molecule has 6 heteroatoms. The summed E-state index contributed by atoms with van der Waals surface area (Å²) in [4.78, 5) is 0. The summed E-state index contributed by atoms with van der Waals surface area (Å²) in [5.74, 6) is 0. The lowest BCUT2D eigenvalue weighted by Gasteiger charge is -2.32. The van der Waals surface area contributed by atoms with E-state index in [-0.39, 0.29) is 70.0 Å². The third-order valence-electron chi connectivity index (χ3n) is 32.5. The van der Waals surface area contributed by atoms with Gasteiger partial charge in [0.2, 0.25) is 40.3 Å². The number of hydrogen-bond donors (Lipinski definition) is 0. The van der Waals surface area contributed by atoms with Crippen LogP contribution in [0.5, 0.6) is 0 Å². The summed E-state index contributed by atoms with van der Waals surface area (Å²) < 4.78 is 0. The Morgan fingerprint density at radius 2 is 0.366 bits per heavy atom. The molecule has 0 nitrogen and oxygen atoms in total. The van der Waals surface area contributed by atoms with Crippen molar-refractivity contribution in [2.24, 2.45) is 0 Å². The lowest BCUT2D eigenvalue weighted by atomic mass is 9.31. The zero-order valence-corrected chi connectivity index (χ0v) is 89.6. The average molecular weight is 1890 g/mol. The van der Waals surface area contributed by atoms with Crippen molar-refractivity contribution in [1.29, 1.82) is 0 Å². The van der Waals surface area contributed by atoms with Crippen LogP contribution in [-0.4, -0.2) is 40.3 Å². The van der Waals surface area contributed by atoms with E-state index in [0.29, 0.717) is 0 Å². The quantitative estimate of drug-likeness (QED) is 0.107. The SMILES string of the molecule is C.C.C.C.Cc1cc(C)c(B(c2ccc(-c3ccc(B4c5c(C)cc(C)cc5Cc5cc(C)cc(C)c54)cc3)cc2)c2c(C)cc(C)cc2C)c(C)c1.Cc1cc(C)c(B(c2ccc(-c3ccc(B4c5c(C)cc(C)cc5Cc5cc(C)cc(C)c54)cc3C)c(C)c2)c2c(C)cc(C)cc2C)c(C)c1.Cc1ccc2c(c1)Cc1cc(C)cc(C)c1B2c1ccc(B2c3c(C)cc(C)cc3Cc3cc(C)cc(C)c32)cc1. The monoisotopic (exact) mass is 1890 g/mol. The van der Waals surface area contributed by atoms with Crippen molar-refractivity contribution in [2.45, 2.75) is 256 Å². The molecule has 0 aliphatic carbocycles. The third kappa shape index (κ3) is 20.3. The molecule has 0 amide bonds. The largest absolute Gasteiger partial charge is 0.242 e. The zero-order valence-electron chi connectivity index (χ0n) is 89.6. The van der Waals surface area contributed by atoms with Gasteiger partial charge in [-0.3, -0.25) is 0 Å². The Kier molecular flexibility index (Phi) is 31.0. The van der Waals surface area contributed by atoms with E-state index in [9.17, 15) is 0 Å². The maximum Gasteiger partial charge on any atom is 0.242 e. The Bertz CT molecular complexity index is 7560. The average Bonchev–Trinajstić information content (AvgIpc) is 0.724. The van der Waals surface area contributed by atoms with Crippen LogP contribution in [0.4, 0.5) is 0 Å². The second-order valence-electron chi connectivity index (χ2n) is 44.4. The van der Waals surface area contributed by atoms with Crippen molar-refractivity contribution < 1.29 is 0 Å². The number of benzene rings is 17. The third-order valence-corrected chi connectivity index (χ3v) is 32.5. The topological polar surface area (TPSA) is 0 Å². The molecular weight excluding hydrogens is 1730 g/mol. The summed E-state index contributed by atoms with van der Waals surface area (Å²) in [7, 11) is 0. The van der Waals surface area contributed by atoms with Gasteiger partial charge in [-0.2, -0.15) is 0 Å². The van der Waals surface area contributed by atoms with Crippen molar-refractivity contribution in [3.8, 4) is 22.3 Å². The molecule has 0 aromatic heterocycles. The van der Waals surface area contributed by atoms with Gasteiger partial charge in [0.25, 0.3) is 0 Å². The molecule has 0 spiro atoms. The van der Waals surface area contributed by atoms with Gasteiger partial charge in [-0.05, 0) is 304 Å². The van der Waals surface area contributed by atoms with Gasteiger partial charge in [-0.25, -0.2) is 0 Å². The van der Waals surface area contributed by atoms with Crippen molar-refractivity contribution >= 4 is 139 Å². The fourth-order valence-corrected chi connectivity index (χ4v) is 27.8. The smallest absolute Gasteiger partial charge is 0.0776 e. The van der Waals surface area contributed by atoms with Gasteiger partial charge in [0, 0.05) is 0 Å². The molecule has 0 saturated carbocycles. The Hall–Kier alpha value is -12.9. The summed E-state index contributed by atoms with van der Waals surface area (Å²) in [6.45, 7) is 67.1. The molecule has 145 heavy (non-hydrogen) atoms. The molecule has 0 N–H and O–H groups in total. The molecule has 728 valence electrons. The molecule has 0 atom stereocenters. The predicted molar refractivity (Wildman–Crippen MR) is 651 cm³/mol. The van der Waals surface area contributed by atoms with E-state index in [1.807, 2.05) is 0 Å². The first-order valence-electron chi connectivity index (χ1n) is 51.9. The lowest BCUT2D eigenvalue weighted by Crippen LogP contribution is -2.60. The Morgan fingerprint density at radius 3 is 0.655 bits per heavy atom. The second kappa shape index (κ2) is 42.3. The zero-order chi connectivity index (χ0) is 99.8. The van der Waals surface area contributed by atoms with Gasteiger partial charge < -0.3 is 0 Å². The van der Waals surface area contributed by atoms with E-state index in [2.05, 4.69) is 462 Å². The fraction of sp³-hybridized carbons (Fsp3) is 0.266. The maximum absolute atomic E-state index is 2.48. The first-order chi connectivity index (χ1) is 67.3. The van der Waals surface area contributed by atoms with Gasteiger partial charge in [0.1, 0.15) is 0 Å². The highest BCUT2D eigenvalue weighted by Gasteiger charge is 2.41. The molecule has 0 bridgehead atoms. The van der Waals surface area contributed by atoms with Crippen LogP contribution in [0.2, 0.25) is 0 Å². The number of fused-ring (bicyclic) bond motifs is 8. The van der Waals surface area contributed by atoms with Gasteiger partial charge in [0.15, 0.2) is 0 Å². The van der Waals surface area contributed by atoms with E-state index in [1.54, 1.807) is 0 Å². The van der Waals surface area contributed by atoms with Crippen molar-refractivity contribution in [1.82, 2.24) is 0 Å². The lowest BCUT2D eigenvalue weighted by molar-refractivity contribution is 1.16. The summed E-state index contributed by atoms with van der Waals surface area (Å²) in [6, 6.07) is 103. The van der Waals surface area contributed by atoms with Crippen LogP contribution in [0.1, 0.15) is 236 Å². The van der Waals surface area contributed by atoms with Crippen LogP contribution in [0.3, 0.4) is 0 Å². The van der Waals surface area contributed by atoms with Gasteiger partial charge in [-0.1, -0.05) is 539 Å². The molecule has 17 aromatic carbocycles. The molecule has 21 rings (SSSR count). The minimum atomic E-state index is 0. The van der Waals surface area contributed by atoms with Gasteiger partial charge in [0.05, 0.1) is 0 Å². The highest BCUT2D eigenvalue weighted by molar-refractivity contribution is 7.00. The molecule has 4 heterocycles. The van der Waals surface area contributed by atoms with Gasteiger partial charge >= 0.3 is 0 Å².